The number of benzene rings is 2. The summed E-state index contributed by atoms with van der Waals surface area (Å²) in [7, 11) is 0. The molecular weight excluding hydrogens is 307 g/mol. The Balaban J connectivity index is 1.73. The molecule has 1 saturated heterocycles. The van der Waals surface area contributed by atoms with Gasteiger partial charge < -0.3 is 10.2 Å². The van der Waals surface area contributed by atoms with Crippen LogP contribution in [0.25, 0.3) is 0 Å². The Morgan fingerprint density at radius 1 is 1.21 bits per heavy atom. The standard InChI is InChI=1S/C19H19FN2O2/c1-13(14-7-9-16(20)10-8-14)21-19(24)15-4-2-5-17(12-15)22-11-3-6-18(22)23/h2,4-5,7-10,12-13H,3,6,11H2,1H3,(H,21,24)/t13-/m1/s1. The summed E-state index contributed by atoms with van der Waals surface area (Å²) >= 11 is 0. The number of carbonyl (C=O) groups is 2. The first-order chi connectivity index (χ1) is 11.5. The third-order valence-corrected chi connectivity index (χ3v) is 4.21. The zero-order valence-electron chi connectivity index (χ0n) is 13.5. The molecular formula is C19H19FN2O2. The summed E-state index contributed by atoms with van der Waals surface area (Å²) in [5, 5.41) is 2.90. The number of anilines is 1. The fourth-order valence-corrected chi connectivity index (χ4v) is 2.85. The monoisotopic (exact) mass is 326 g/mol. The van der Waals surface area contributed by atoms with Gasteiger partial charge in [0, 0.05) is 24.2 Å². The van der Waals surface area contributed by atoms with Crippen molar-refractivity contribution in [1.82, 2.24) is 5.32 Å². The Labute approximate surface area is 140 Å². The van der Waals surface area contributed by atoms with Gasteiger partial charge in [0.05, 0.1) is 6.04 Å². The maximum absolute atomic E-state index is 13.0. The fourth-order valence-electron chi connectivity index (χ4n) is 2.85. The van der Waals surface area contributed by atoms with Crippen LogP contribution in [0.4, 0.5) is 10.1 Å². The van der Waals surface area contributed by atoms with Crippen LogP contribution in [-0.2, 0) is 4.79 Å². The predicted octanol–water partition coefficient (Wildman–Crippen LogP) is 3.44. The van der Waals surface area contributed by atoms with Crippen molar-refractivity contribution in [1.29, 1.82) is 0 Å². The van der Waals surface area contributed by atoms with Crippen LogP contribution in [0.3, 0.4) is 0 Å². The molecule has 2 aromatic carbocycles. The number of hydrogen-bond donors (Lipinski definition) is 1. The Hall–Kier alpha value is -2.69. The summed E-state index contributed by atoms with van der Waals surface area (Å²) in [6.07, 6.45) is 1.40. The van der Waals surface area contributed by atoms with Crippen LogP contribution >= 0.6 is 0 Å². The highest BCUT2D eigenvalue weighted by molar-refractivity contribution is 5.99. The maximum atomic E-state index is 13.0. The van der Waals surface area contributed by atoms with Crippen molar-refractivity contribution in [3.63, 3.8) is 0 Å². The summed E-state index contributed by atoms with van der Waals surface area (Å²) in [5.41, 5.74) is 2.08. The van der Waals surface area contributed by atoms with Gasteiger partial charge in [-0.15, -0.1) is 0 Å². The lowest BCUT2D eigenvalue weighted by molar-refractivity contribution is -0.117. The van der Waals surface area contributed by atoms with Crippen molar-refractivity contribution in [3.8, 4) is 0 Å². The minimum atomic E-state index is -0.305. The topological polar surface area (TPSA) is 49.4 Å². The van der Waals surface area contributed by atoms with Crippen LogP contribution in [-0.4, -0.2) is 18.4 Å². The molecule has 0 spiro atoms. The second-order valence-electron chi connectivity index (χ2n) is 5.95. The van der Waals surface area contributed by atoms with Crippen LogP contribution < -0.4 is 10.2 Å². The molecule has 1 fully saturated rings. The Morgan fingerprint density at radius 2 is 1.96 bits per heavy atom. The van der Waals surface area contributed by atoms with Gasteiger partial charge in [-0.05, 0) is 49.2 Å². The zero-order valence-corrected chi connectivity index (χ0v) is 13.5. The van der Waals surface area contributed by atoms with Crippen molar-refractivity contribution >= 4 is 17.5 Å². The van der Waals surface area contributed by atoms with Gasteiger partial charge in [0.15, 0.2) is 0 Å². The van der Waals surface area contributed by atoms with E-state index in [0.717, 1.165) is 17.7 Å². The summed E-state index contributed by atoms with van der Waals surface area (Å²) in [5.74, 6) is -0.437. The molecule has 1 aliphatic heterocycles. The molecule has 1 heterocycles. The lowest BCUT2D eigenvalue weighted by atomic mass is 10.1. The van der Waals surface area contributed by atoms with Crippen LogP contribution in [0.1, 0.15) is 41.7 Å². The highest BCUT2D eigenvalue weighted by Gasteiger charge is 2.22. The average molecular weight is 326 g/mol. The fraction of sp³-hybridized carbons (Fsp3) is 0.263. The summed E-state index contributed by atoms with van der Waals surface area (Å²) in [4.78, 5) is 26.0. The van der Waals surface area contributed by atoms with Crippen molar-refractivity contribution in [2.24, 2.45) is 0 Å². The normalized spacial score (nSPS) is 15.4. The Kier molecular flexibility index (Phi) is 4.60. The van der Waals surface area contributed by atoms with E-state index in [1.807, 2.05) is 13.0 Å². The van der Waals surface area contributed by atoms with Gasteiger partial charge in [0.1, 0.15) is 5.82 Å². The van der Waals surface area contributed by atoms with E-state index in [0.29, 0.717) is 18.5 Å². The molecule has 1 atom stereocenters. The molecule has 4 nitrogen and oxygen atoms in total. The molecule has 124 valence electrons. The van der Waals surface area contributed by atoms with E-state index in [-0.39, 0.29) is 23.7 Å². The Morgan fingerprint density at radius 3 is 2.62 bits per heavy atom. The molecule has 1 N–H and O–H groups in total. The van der Waals surface area contributed by atoms with Crippen LogP contribution in [0.5, 0.6) is 0 Å². The van der Waals surface area contributed by atoms with Crippen molar-refractivity contribution in [3.05, 3.63) is 65.5 Å². The largest absolute Gasteiger partial charge is 0.346 e. The molecule has 0 bridgehead atoms. The van der Waals surface area contributed by atoms with E-state index in [2.05, 4.69) is 5.32 Å². The molecule has 3 rings (SSSR count). The van der Waals surface area contributed by atoms with Gasteiger partial charge in [-0.1, -0.05) is 18.2 Å². The van der Waals surface area contributed by atoms with Gasteiger partial charge in [0.25, 0.3) is 5.91 Å². The summed E-state index contributed by atoms with van der Waals surface area (Å²) in [6, 6.07) is 12.9. The third-order valence-electron chi connectivity index (χ3n) is 4.21. The van der Waals surface area contributed by atoms with Crippen molar-refractivity contribution in [2.75, 3.05) is 11.4 Å². The number of nitrogens with one attached hydrogen (secondary N) is 1. The van der Waals surface area contributed by atoms with Crippen LogP contribution in [0.15, 0.2) is 48.5 Å². The van der Waals surface area contributed by atoms with E-state index in [1.54, 1.807) is 35.2 Å². The molecule has 0 unspecified atom stereocenters. The molecule has 2 aromatic rings. The first-order valence-corrected chi connectivity index (χ1v) is 8.01. The second kappa shape index (κ2) is 6.83. The highest BCUT2D eigenvalue weighted by Crippen LogP contribution is 2.22. The van der Waals surface area contributed by atoms with Crippen LogP contribution in [0, 0.1) is 5.82 Å². The zero-order chi connectivity index (χ0) is 17.1. The van der Waals surface area contributed by atoms with Gasteiger partial charge in [-0.3, -0.25) is 9.59 Å². The quantitative estimate of drug-likeness (QED) is 0.935. The third kappa shape index (κ3) is 3.45. The number of nitrogens with zero attached hydrogens (tertiary/aromatic N) is 1. The summed E-state index contributed by atoms with van der Waals surface area (Å²) in [6.45, 7) is 2.54. The molecule has 0 radical (unpaired) electrons. The van der Waals surface area contributed by atoms with Gasteiger partial charge in [-0.25, -0.2) is 4.39 Å². The first-order valence-electron chi connectivity index (χ1n) is 8.01. The maximum Gasteiger partial charge on any atom is 0.251 e. The number of halogens is 1. The minimum absolute atomic E-state index is 0.0900. The van der Waals surface area contributed by atoms with E-state index < -0.39 is 0 Å². The van der Waals surface area contributed by atoms with Crippen molar-refractivity contribution < 1.29 is 14.0 Å². The first kappa shape index (κ1) is 16.2. The summed E-state index contributed by atoms with van der Waals surface area (Å²) < 4.78 is 13.0. The lowest BCUT2D eigenvalue weighted by Gasteiger charge is -2.18. The Bertz CT molecular complexity index is 758. The molecule has 0 saturated carbocycles. The highest BCUT2D eigenvalue weighted by atomic mass is 19.1. The lowest BCUT2D eigenvalue weighted by Crippen LogP contribution is -2.27. The van der Waals surface area contributed by atoms with E-state index in [9.17, 15) is 14.0 Å². The van der Waals surface area contributed by atoms with Crippen LogP contribution in [0.2, 0.25) is 0 Å². The number of amides is 2. The molecule has 24 heavy (non-hydrogen) atoms. The van der Waals surface area contributed by atoms with Gasteiger partial charge >= 0.3 is 0 Å². The minimum Gasteiger partial charge on any atom is -0.346 e. The molecule has 2 amide bonds. The smallest absolute Gasteiger partial charge is 0.251 e. The van der Waals surface area contributed by atoms with E-state index in [4.69, 9.17) is 0 Å². The van der Waals surface area contributed by atoms with Gasteiger partial charge in [0.2, 0.25) is 5.91 Å². The van der Waals surface area contributed by atoms with Crippen molar-refractivity contribution in [2.45, 2.75) is 25.8 Å². The number of carbonyl (C=O) groups excluding carboxylic acids is 2. The SMILES string of the molecule is C[C@@H](NC(=O)c1cccc(N2CCCC2=O)c1)c1ccc(F)cc1. The van der Waals surface area contributed by atoms with E-state index in [1.165, 1.54) is 12.1 Å². The molecule has 1 aliphatic rings. The molecule has 5 heteroatoms. The predicted molar refractivity (Wildman–Crippen MR) is 90.3 cm³/mol. The van der Waals surface area contributed by atoms with E-state index >= 15 is 0 Å². The van der Waals surface area contributed by atoms with Gasteiger partial charge in [-0.2, -0.15) is 0 Å². The molecule has 0 aromatic heterocycles. The number of hydrogen-bond acceptors (Lipinski definition) is 2. The second-order valence-corrected chi connectivity index (χ2v) is 5.95. The molecule has 0 aliphatic carbocycles. The average Bonchev–Trinajstić information content (AvgIpc) is 3.01. The number of rotatable bonds is 4.